The van der Waals surface area contributed by atoms with Crippen LogP contribution < -0.4 is 5.32 Å². The van der Waals surface area contributed by atoms with E-state index >= 15 is 0 Å². The number of aliphatic hydroxyl groups is 1. The fraction of sp³-hybridized carbons (Fsp3) is 0.296. The van der Waals surface area contributed by atoms with Gasteiger partial charge in [-0.2, -0.15) is 17.5 Å². The Bertz CT molecular complexity index is 1370. The van der Waals surface area contributed by atoms with Gasteiger partial charge in [0.2, 0.25) is 10.0 Å². The number of piperidine rings is 1. The Morgan fingerprint density at radius 2 is 1.58 bits per heavy atom. The highest BCUT2D eigenvalue weighted by atomic mass is 32.2. The zero-order valence-electron chi connectivity index (χ0n) is 20.2. The molecule has 1 unspecified atom stereocenters. The molecule has 1 aliphatic rings. The highest BCUT2D eigenvalue weighted by Gasteiger charge is 2.46. The molecule has 4 rings (SSSR count). The van der Waals surface area contributed by atoms with Gasteiger partial charge in [-0.3, -0.25) is 4.79 Å². The van der Waals surface area contributed by atoms with E-state index in [9.17, 15) is 35.9 Å². The van der Waals surface area contributed by atoms with E-state index in [1.165, 1.54) is 22.5 Å². The first kappa shape index (κ1) is 27.7. The van der Waals surface area contributed by atoms with Crippen LogP contribution in [-0.2, 0) is 27.4 Å². The number of nitrogens with one attached hydrogen (secondary N) is 1. The molecule has 1 amide bonds. The van der Waals surface area contributed by atoms with E-state index in [2.05, 4.69) is 5.32 Å². The zero-order chi connectivity index (χ0) is 27.6. The number of hydrogen-bond acceptors (Lipinski definition) is 4. The monoisotopic (exact) mass is 550 g/mol. The summed E-state index contributed by atoms with van der Waals surface area (Å²) >= 11 is 0. The molecule has 0 bridgehead atoms. The van der Waals surface area contributed by atoms with Crippen LogP contribution in [0.4, 0.5) is 23.2 Å². The molecule has 38 heavy (non-hydrogen) atoms. The molecule has 1 saturated heterocycles. The van der Waals surface area contributed by atoms with Gasteiger partial charge >= 0.3 is 6.18 Å². The summed E-state index contributed by atoms with van der Waals surface area (Å²) in [5.41, 5.74) is -2.45. The summed E-state index contributed by atoms with van der Waals surface area (Å²) in [6.45, 7) is -0.00334. The number of anilines is 1. The fourth-order valence-electron chi connectivity index (χ4n) is 4.66. The fourth-order valence-corrected chi connectivity index (χ4v) is 6.13. The van der Waals surface area contributed by atoms with Crippen LogP contribution in [0, 0.1) is 11.7 Å². The van der Waals surface area contributed by atoms with Crippen molar-refractivity contribution < 1.29 is 35.9 Å². The van der Waals surface area contributed by atoms with E-state index in [0.29, 0.717) is 5.56 Å². The summed E-state index contributed by atoms with van der Waals surface area (Å²) in [6, 6.07) is 17.3. The average molecular weight is 551 g/mol. The Hall–Kier alpha value is -3.28. The lowest BCUT2D eigenvalue weighted by atomic mass is 9.76. The number of alkyl halides is 3. The second-order valence-corrected chi connectivity index (χ2v) is 11.2. The average Bonchev–Trinajstić information content (AvgIpc) is 2.89. The normalized spacial score (nSPS) is 17.1. The van der Waals surface area contributed by atoms with Crippen molar-refractivity contribution in [2.24, 2.45) is 5.92 Å². The van der Waals surface area contributed by atoms with Gasteiger partial charge in [0, 0.05) is 25.2 Å². The van der Waals surface area contributed by atoms with Gasteiger partial charge in [-0.25, -0.2) is 12.8 Å². The number of rotatable bonds is 7. The molecule has 3 aromatic carbocycles. The van der Waals surface area contributed by atoms with Gasteiger partial charge in [0.1, 0.15) is 11.4 Å². The molecule has 0 aliphatic carbocycles. The van der Waals surface area contributed by atoms with E-state index in [4.69, 9.17) is 0 Å². The topological polar surface area (TPSA) is 86.7 Å². The molecular formula is C27H26F4N2O4S. The molecule has 0 saturated carbocycles. The van der Waals surface area contributed by atoms with Gasteiger partial charge in [-0.05, 0) is 66.8 Å². The molecule has 2 N–H and O–H groups in total. The van der Waals surface area contributed by atoms with E-state index in [1.807, 2.05) is 0 Å². The van der Waals surface area contributed by atoms with Crippen LogP contribution in [0.25, 0.3) is 0 Å². The maximum absolute atomic E-state index is 13.4. The molecule has 0 radical (unpaired) electrons. The Morgan fingerprint density at radius 3 is 2.18 bits per heavy atom. The highest BCUT2D eigenvalue weighted by Crippen LogP contribution is 2.35. The quantitative estimate of drug-likeness (QED) is 0.412. The van der Waals surface area contributed by atoms with Crippen LogP contribution in [0.5, 0.6) is 0 Å². The van der Waals surface area contributed by atoms with Gasteiger partial charge in [0.25, 0.3) is 5.91 Å². The van der Waals surface area contributed by atoms with E-state index in [1.54, 1.807) is 30.3 Å². The minimum atomic E-state index is -4.61. The summed E-state index contributed by atoms with van der Waals surface area (Å²) in [7, 11) is -3.92. The number of hydrogen-bond donors (Lipinski definition) is 2. The Balaban J connectivity index is 1.56. The van der Waals surface area contributed by atoms with Crippen LogP contribution in [0.2, 0.25) is 0 Å². The van der Waals surface area contributed by atoms with Crippen LogP contribution in [-0.4, -0.2) is 42.4 Å². The van der Waals surface area contributed by atoms with Crippen LogP contribution >= 0.6 is 0 Å². The van der Waals surface area contributed by atoms with Crippen molar-refractivity contribution in [1.82, 2.24) is 4.31 Å². The summed E-state index contributed by atoms with van der Waals surface area (Å²) in [5, 5.41) is 14.2. The van der Waals surface area contributed by atoms with Crippen molar-refractivity contribution in [2.45, 2.75) is 35.9 Å². The molecule has 1 atom stereocenters. The molecule has 6 nitrogen and oxygen atoms in total. The number of carbonyl (C=O) groups excluding carboxylic acids is 1. The number of nitrogens with zero attached hydrogens (tertiary/aromatic N) is 1. The molecule has 1 fully saturated rings. The van der Waals surface area contributed by atoms with Gasteiger partial charge in [0.15, 0.2) is 0 Å². The highest BCUT2D eigenvalue weighted by molar-refractivity contribution is 7.89. The SMILES string of the molecule is O=C(Nc1cccc(C(F)(F)F)c1)C(O)(Cc1ccccc1)C1CCN(S(=O)(=O)c2ccc(F)cc2)CC1. The predicted octanol–water partition coefficient (Wildman–Crippen LogP) is 4.86. The molecule has 11 heteroatoms. The number of amides is 1. The maximum atomic E-state index is 13.4. The van der Waals surface area contributed by atoms with Crippen LogP contribution in [0.1, 0.15) is 24.0 Å². The van der Waals surface area contributed by atoms with E-state index < -0.39 is 45.0 Å². The van der Waals surface area contributed by atoms with Crippen LogP contribution in [0.15, 0.2) is 83.8 Å². The molecular weight excluding hydrogens is 524 g/mol. The van der Waals surface area contributed by atoms with Crippen molar-refractivity contribution in [1.29, 1.82) is 0 Å². The minimum Gasteiger partial charge on any atom is -0.379 e. The van der Waals surface area contributed by atoms with Crippen molar-refractivity contribution >= 4 is 21.6 Å². The summed E-state index contributed by atoms with van der Waals surface area (Å²) in [4.78, 5) is 13.4. The smallest absolute Gasteiger partial charge is 0.379 e. The first-order valence-corrected chi connectivity index (χ1v) is 13.3. The van der Waals surface area contributed by atoms with Gasteiger partial charge in [-0.1, -0.05) is 36.4 Å². The lowest BCUT2D eigenvalue weighted by Gasteiger charge is -2.40. The number of carbonyl (C=O) groups is 1. The van der Waals surface area contributed by atoms with Crippen molar-refractivity contribution in [3.05, 3.63) is 95.8 Å². The number of sulfonamides is 1. The Kier molecular flexibility index (Phi) is 7.91. The minimum absolute atomic E-state index is 0.00167. The van der Waals surface area contributed by atoms with Crippen LogP contribution in [0.3, 0.4) is 0 Å². The molecule has 1 aliphatic heterocycles. The molecule has 3 aromatic rings. The third kappa shape index (κ3) is 6.06. The van der Waals surface area contributed by atoms with Crippen molar-refractivity contribution in [2.75, 3.05) is 18.4 Å². The largest absolute Gasteiger partial charge is 0.416 e. The molecule has 202 valence electrons. The van der Waals surface area contributed by atoms with Gasteiger partial charge in [-0.15, -0.1) is 0 Å². The molecule has 0 aromatic heterocycles. The number of benzene rings is 3. The number of halogens is 4. The second kappa shape index (κ2) is 10.8. The lowest BCUT2D eigenvalue weighted by molar-refractivity contribution is -0.142. The second-order valence-electron chi connectivity index (χ2n) is 9.25. The van der Waals surface area contributed by atoms with Gasteiger partial charge < -0.3 is 10.4 Å². The first-order chi connectivity index (χ1) is 17.9. The summed E-state index contributed by atoms with van der Waals surface area (Å²) in [6.07, 6.45) is -4.47. The Labute approximate surface area is 218 Å². The van der Waals surface area contributed by atoms with Crippen molar-refractivity contribution in [3.63, 3.8) is 0 Å². The third-order valence-electron chi connectivity index (χ3n) is 6.74. The third-order valence-corrected chi connectivity index (χ3v) is 8.65. The zero-order valence-corrected chi connectivity index (χ0v) is 21.0. The van der Waals surface area contributed by atoms with Crippen molar-refractivity contribution in [3.8, 4) is 0 Å². The Morgan fingerprint density at radius 1 is 0.947 bits per heavy atom. The maximum Gasteiger partial charge on any atom is 0.416 e. The first-order valence-electron chi connectivity index (χ1n) is 11.9. The van der Waals surface area contributed by atoms with Gasteiger partial charge in [0.05, 0.1) is 10.5 Å². The van der Waals surface area contributed by atoms with E-state index in [-0.39, 0.29) is 42.9 Å². The summed E-state index contributed by atoms with van der Waals surface area (Å²) in [5.74, 6) is -2.13. The summed E-state index contributed by atoms with van der Waals surface area (Å²) < 4.78 is 80.0. The molecule has 1 heterocycles. The standard InChI is InChI=1S/C27H26F4N2O4S/c28-22-9-11-24(12-10-22)38(36,37)33-15-13-20(14-16-33)26(35,18-19-5-2-1-3-6-19)25(34)32-23-8-4-7-21(17-23)27(29,30)31/h1-12,17,20,35H,13-16,18H2,(H,32,34). The molecule has 0 spiro atoms. The predicted molar refractivity (Wildman–Crippen MR) is 133 cm³/mol. The lowest BCUT2D eigenvalue weighted by Crippen LogP contribution is -2.54. The van der Waals surface area contributed by atoms with E-state index in [0.717, 1.165) is 30.3 Å².